The van der Waals surface area contributed by atoms with Gasteiger partial charge >= 0.3 is 0 Å². The second-order valence-electron chi connectivity index (χ2n) is 3.35. The zero-order chi connectivity index (χ0) is 10.3. The number of nitrogens with zero attached hydrogens (tertiary/aromatic N) is 3. The largest absolute Gasteiger partial charge is 0.262 e. The number of benzene rings is 1. The van der Waals surface area contributed by atoms with E-state index in [-0.39, 0.29) is 0 Å². The van der Waals surface area contributed by atoms with E-state index in [2.05, 4.69) is 11.2 Å². The van der Waals surface area contributed by atoms with E-state index in [9.17, 15) is 0 Å². The summed E-state index contributed by atoms with van der Waals surface area (Å²) >= 11 is 0. The topological polar surface area (TPSA) is 41.6 Å². The van der Waals surface area contributed by atoms with Crippen LogP contribution in [0.15, 0.2) is 42.7 Å². The zero-order valence-electron chi connectivity index (χ0n) is 7.88. The molecule has 0 spiro atoms. The van der Waals surface area contributed by atoms with Gasteiger partial charge in [0.2, 0.25) is 0 Å². The Morgan fingerprint density at radius 2 is 1.87 bits per heavy atom. The van der Waals surface area contributed by atoms with Crippen molar-refractivity contribution in [3.8, 4) is 6.19 Å². The molecule has 3 rings (SSSR count). The van der Waals surface area contributed by atoms with E-state index in [1.165, 1.54) is 0 Å². The molecular weight excluding hydrogens is 186 g/mol. The maximum atomic E-state index is 9.11. The van der Waals surface area contributed by atoms with E-state index in [1.54, 1.807) is 17.0 Å². The molecule has 0 radical (unpaired) electrons. The third-order valence-corrected chi connectivity index (χ3v) is 2.58. The van der Waals surface area contributed by atoms with Gasteiger partial charge in [-0.3, -0.25) is 4.98 Å². The van der Waals surface area contributed by atoms with Crippen molar-refractivity contribution >= 4 is 21.8 Å². The summed E-state index contributed by atoms with van der Waals surface area (Å²) in [6.45, 7) is 0. The molecule has 2 heterocycles. The lowest BCUT2D eigenvalue weighted by atomic mass is 10.2. The summed E-state index contributed by atoms with van der Waals surface area (Å²) in [4.78, 5) is 4.04. The lowest BCUT2D eigenvalue weighted by Crippen LogP contribution is -1.86. The molecule has 70 valence electrons. The molecule has 0 bridgehead atoms. The van der Waals surface area contributed by atoms with Crippen molar-refractivity contribution in [2.45, 2.75) is 0 Å². The van der Waals surface area contributed by atoms with Crippen LogP contribution in [0.2, 0.25) is 0 Å². The Balaban J connectivity index is 2.70. The van der Waals surface area contributed by atoms with Crippen LogP contribution < -0.4 is 0 Å². The summed E-state index contributed by atoms with van der Waals surface area (Å²) in [5.74, 6) is 0. The SMILES string of the molecule is N#Cn1c2ccccc2c2ccncc21. The van der Waals surface area contributed by atoms with Gasteiger partial charge in [-0.05, 0) is 12.1 Å². The first-order chi connectivity index (χ1) is 7.42. The summed E-state index contributed by atoms with van der Waals surface area (Å²) in [6.07, 6.45) is 5.64. The van der Waals surface area contributed by atoms with Crippen molar-refractivity contribution in [3.05, 3.63) is 42.7 Å². The molecule has 0 aliphatic carbocycles. The fraction of sp³-hybridized carbons (Fsp3) is 0. The highest BCUT2D eigenvalue weighted by Crippen LogP contribution is 2.26. The van der Waals surface area contributed by atoms with Crippen LogP contribution in [0.3, 0.4) is 0 Å². The monoisotopic (exact) mass is 193 g/mol. The Hall–Kier alpha value is -2.34. The first-order valence-electron chi connectivity index (χ1n) is 4.65. The van der Waals surface area contributed by atoms with Crippen LogP contribution in [0, 0.1) is 11.5 Å². The highest BCUT2D eigenvalue weighted by atomic mass is 15.0. The number of rotatable bonds is 0. The Morgan fingerprint density at radius 3 is 2.73 bits per heavy atom. The molecule has 0 unspecified atom stereocenters. The minimum absolute atomic E-state index is 0.862. The van der Waals surface area contributed by atoms with Crippen molar-refractivity contribution in [1.82, 2.24) is 9.55 Å². The van der Waals surface area contributed by atoms with Gasteiger partial charge in [-0.15, -0.1) is 0 Å². The smallest absolute Gasteiger partial charge is 0.189 e. The summed E-state index contributed by atoms with van der Waals surface area (Å²) < 4.78 is 1.61. The summed E-state index contributed by atoms with van der Waals surface area (Å²) in [7, 11) is 0. The number of hydrogen-bond donors (Lipinski definition) is 0. The standard InChI is InChI=1S/C12H7N3/c13-8-15-11-4-2-1-3-9(11)10-5-6-14-7-12(10)15/h1-7H. The van der Waals surface area contributed by atoms with Gasteiger partial charge in [0.05, 0.1) is 17.2 Å². The predicted octanol–water partition coefficient (Wildman–Crippen LogP) is 2.52. The van der Waals surface area contributed by atoms with Crippen molar-refractivity contribution in [2.75, 3.05) is 0 Å². The van der Waals surface area contributed by atoms with Gasteiger partial charge in [-0.25, -0.2) is 4.57 Å². The number of nitriles is 1. The Labute approximate surface area is 86.2 Å². The molecular formula is C12H7N3. The van der Waals surface area contributed by atoms with Crippen LogP contribution >= 0.6 is 0 Å². The number of aromatic nitrogens is 2. The molecule has 0 atom stereocenters. The maximum absolute atomic E-state index is 9.11. The number of para-hydroxylation sites is 1. The zero-order valence-corrected chi connectivity index (χ0v) is 7.88. The molecule has 0 fully saturated rings. The predicted molar refractivity (Wildman–Crippen MR) is 58.3 cm³/mol. The van der Waals surface area contributed by atoms with Crippen LogP contribution in [0.1, 0.15) is 0 Å². The van der Waals surface area contributed by atoms with Crippen LogP contribution in [-0.4, -0.2) is 9.55 Å². The van der Waals surface area contributed by atoms with E-state index in [1.807, 2.05) is 30.3 Å². The summed E-state index contributed by atoms with van der Waals surface area (Å²) in [5.41, 5.74) is 1.80. The molecule has 3 heteroatoms. The van der Waals surface area contributed by atoms with Crippen molar-refractivity contribution in [3.63, 3.8) is 0 Å². The van der Waals surface area contributed by atoms with Gasteiger partial charge in [0.25, 0.3) is 0 Å². The Kier molecular flexibility index (Phi) is 1.51. The Morgan fingerprint density at radius 1 is 1.07 bits per heavy atom. The normalized spacial score (nSPS) is 10.6. The third-order valence-electron chi connectivity index (χ3n) is 2.58. The van der Waals surface area contributed by atoms with E-state index in [0.29, 0.717) is 0 Å². The van der Waals surface area contributed by atoms with Gasteiger partial charge in [0.15, 0.2) is 6.19 Å². The van der Waals surface area contributed by atoms with Crippen molar-refractivity contribution in [2.24, 2.45) is 0 Å². The van der Waals surface area contributed by atoms with Crippen molar-refractivity contribution in [1.29, 1.82) is 5.26 Å². The fourth-order valence-electron chi connectivity index (χ4n) is 1.93. The second kappa shape index (κ2) is 2.82. The molecule has 0 aliphatic rings. The van der Waals surface area contributed by atoms with Gasteiger partial charge in [-0.2, -0.15) is 5.26 Å². The minimum atomic E-state index is 0.862. The third kappa shape index (κ3) is 0.960. The average molecular weight is 193 g/mol. The first kappa shape index (κ1) is 8.01. The van der Waals surface area contributed by atoms with E-state index >= 15 is 0 Å². The van der Waals surface area contributed by atoms with Gasteiger partial charge < -0.3 is 0 Å². The molecule has 15 heavy (non-hydrogen) atoms. The van der Waals surface area contributed by atoms with E-state index in [4.69, 9.17) is 5.26 Å². The molecule has 1 aromatic carbocycles. The van der Waals surface area contributed by atoms with E-state index < -0.39 is 0 Å². The molecule has 3 nitrogen and oxygen atoms in total. The van der Waals surface area contributed by atoms with Crippen molar-refractivity contribution < 1.29 is 0 Å². The first-order valence-corrected chi connectivity index (χ1v) is 4.65. The quantitative estimate of drug-likeness (QED) is 0.550. The second-order valence-corrected chi connectivity index (χ2v) is 3.35. The highest BCUT2D eigenvalue weighted by Gasteiger charge is 2.08. The lowest BCUT2D eigenvalue weighted by molar-refractivity contribution is 1.18. The molecule has 2 aromatic heterocycles. The van der Waals surface area contributed by atoms with Gasteiger partial charge in [0.1, 0.15) is 0 Å². The van der Waals surface area contributed by atoms with Gasteiger partial charge in [-0.1, -0.05) is 18.2 Å². The highest BCUT2D eigenvalue weighted by molar-refractivity contribution is 6.08. The average Bonchev–Trinajstić information content (AvgIpc) is 2.63. The van der Waals surface area contributed by atoms with Crippen LogP contribution in [0.5, 0.6) is 0 Å². The van der Waals surface area contributed by atoms with Gasteiger partial charge in [0, 0.05) is 17.0 Å². The fourth-order valence-corrected chi connectivity index (χ4v) is 1.93. The lowest BCUT2D eigenvalue weighted by Gasteiger charge is -1.91. The maximum Gasteiger partial charge on any atom is 0.189 e. The minimum Gasteiger partial charge on any atom is -0.262 e. The van der Waals surface area contributed by atoms with Crippen LogP contribution in [0.25, 0.3) is 21.8 Å². The van der Waals surface area contributed by atoms with E-state index in [0.717, 1.165) is 21.8 Å². The van der Waals surface area contributed by atoms with Crippen LogP contribution in [-0.2, 0) is 0 Å². The number of hydrogen-bond acceptors (Lipinski definition) is 2. The Bertz CT molecular complexity index is 635. The number of fused-ring (bicyclic) bond motifs is 3. The van der Waals surface area contributed by atoms with Crippen LogP contribution in [0.4, 0.5) is 0 Å². The molecule has 0 saturated heterocycles. The summed E-state index contributed by atoms with van der Waals surface area (Å²) in [5, 5.41) is 11.3. The molecule has 0 N–H and O–H groups in total. The molecule has 0 aliphatic heterocycles. The molecule has 0 saturated carbocycles. The molecule has 3 aromatic rings. The molecule has 0 amide bonds. The number of pyridine rings is 1. The summed E-state index contributed by atoms with van der Waals surface area (Å²) in [6, 6.07) is 9.81.